The van der Waals surface area contributed by atoms with Gasteiger partial charge in [0.1, 0.15) is 6.33 Å². The lowest BCUT2D eigenvalue weighted by Crippen LogP contribution is -2.05. The first-order chi connectivity index (χ1) is 10.2. The summed E-state index contributed by atoms with van der Waals surface area (Å²) in [7, 11) is 1.38. The lowest BCUT2D eigenvalue weighted by atomic mass is 9.97. The number of carbonyl (C=O) groups excluding carboxylic acids is 1. The number of para-hydroxylation sites is 1. The molecule has 0 aliphatic carbocycles. The van der Waals surface area contributed by atoms with Gasteiger partial charge in [0.2, 0.25) is 0 Å². The van der Waals surface area contributed by atoms with Crippen LogP contribution in [-0.2, 0) is 4.74 Å². The zero-order chi connectivity index (χ0) is 14.8. The van der Waals surface area contributed by atoms with Gasteiger partial charge in [-0.15, -0.1) is 0 Å². The Morgan fingerprint density at radius 3 is 2.67 bits per heavy atom. The number of fused-ring (bicyclic) bond motifs is 1. The molecule has 0 radical (unpaired) electrons. The Labute approximate surface area is 122 Å². The smallest absolute Gasteiger partial charge is 0.338 e. The summed E-state index contributed by atoms with van der Waals surface area (Å²) in [6.45, 7) is 1.90. The topological polar surface area (TPSA) is 52.1 Å². The summed E-state index contributed by atoms with van der Waals surface area (Å²) in [5.74, 6) is -0.340. The number of ether oxygens (including phenoxy) is 1. The summed E-state index contributed by atoms with van der Waals surface area (Å²) in [6.07, 6.45) is 1.54. The molecule has 0 saturated heterocycles. The summed E-state index contributed by atoms with van der Waals surface area (Å²) in [5, 5.41) is 0.963. The molecular formula is C17H14N2O2. The number of esters is 1. The lowest BCUT2D eigenvalue weighted by Gasteiger charge is -2.11. The van der Waals surface area contributed by atoms with E-state index in [0.29, 0.717) is 5.56 Å². The van der Waals surface area contributed by atoms with Gasteiger partial charge in [0.25, 0.3) is 0 Å². The normalized spacial score (nSPS) is 10.6. The van der Waals surface area contributed by atoms with Gasteiger partial charge < -0.3 is 4.74 Å². The van der Waals surface area contributed by atoms with Crippen LogP contribution in [0.2, 0.25) is 0 Å². The minimum absolute atomic E-state index is 0.340. The predicted octanol–water partition coefficient (Wildman–Crippen LogP) is 3.39. The number of nitrogens with zero attached hydrogens (tertiary/aromatic N) is 2. The molecule has 4 nitrogen and oxygen atoms in total. The van der Waals surface area contributed by atoms with E-state index in [1.807, 2.05) is 43.3 Å². The Kier molecular flexibility index (Phi) is 3.36. The van der Waals surface area contributed by atoms with Crippen molar-refractivity contribution in [3.63, 3.8) is 0 Å². The fraction of sp³-hybridized carbons (Fsp3) is 0.118. The molecule has 0 spiro atoms. The molecule has 0 aliphatic heterocycles. The van der Waals surface area contributed by atoms with Crippen LogP contribution in [0.5, 0.6) is 0 Å². The maximum atomic E-state index is 11.8. The van der Waals surface area contributed by atoms with Gasteiger partial charge in [-0.25, -0.2) is 14.8 Å². The van der Waals surface area contributed by atoms with E-state index in [2.05, 4.69) is 9.97 Å². The van der Waals surface area contributed by atoms with Crippen LogP contribution in [0, 0.1) is 6.92 Å². The van der Waals surface area contributed by atoms with E-state index in [0.717, 1.165) is 27.7 Å². The van der Waals surface area contributed by atoms with Crippen LogP contribution in [0.3, 0.4) is 0 Å². The van der Waals surface area contributed by atoms with Crippen LogP contribution in [0.4, 0.5) is 0 Å². The maximum absolute atomic E-state index is 11.8. The molecule has 1 heterocycles. The highest BCUT2D eigenvalue weighted by molar-refractivity contribution is 5.97. The van der Waals surface area contributed by atoms with Crippen molar-refractivity contribution in [1.29, 1.82) is 0 Å². The van der Waals surface area contributed by atoms with Crippen molar-refractivity contribution in [2.24, 2.45) is 0 Å². The number of hydrogen-bond donors (Lipinski definition) is 0. The molecule has 21 heavy (non-hydrogen) atoms. The highest BCUT2D eigenvalue weighted by Gasteiger charge is 2.15. The van der Waals surface area contributed by atoms with Gasteiger partial charge >= 0.3 is 5.97 Å². The van der Waals surface area contributed by atoms with Crippen LogP contribution in [0.25, 0.3) is 22.2 Å². The van der Waals surface area contributed by atoms with Crippen molar-refractivity contribution in [1.82, 2.24) is 9.97 Å². The summed E-state index contributed by atoms with van der Waals surface area (Å²) < 4.78 is 4.82. The molecule has 0 saturated carbocycles. The molecule has 0 aliphatic rings. The summed E-state index contributed by atoms with van der Waals surface area (Å²) in [4.78, 5) is 20.5. The fourth-order valence-electron chi connectivity index (χ4n) is 2.44. The average molecular weight is 278 g/mol. The van der Waals surface area contributed by atoms with Crippen molar-refractivity contribution >= 4 is 16.9 Å². The molecule has 0 bridgehead atoms. The molecule has 1 aromatic heterocycles. The number of carbonyl (C=O) groups is 1. The maximum Gasteiger partial charge on any atom is 0.338 e. The average Bonchev–Trinajstić information content (AvgIpc) is 2.54. The van der Waals surface area contributed by atoms with Crippen LogP contribution >= 0.6 is 0 Å². The van der Waals surface area contributed by atoms with E-state index >= 15 is 0 Å². The molecule has 0 fully saturated rings. The molecule has 0 amide bonds. The monoisotopic (exact) mass is 278 g/mol. The summed E-state index contributed by atoms with van der Waals surface area (Å²) in [6, 6.07) is 13.4. The minimum Gasteiger partial charge on any atom is -0.465 e. The summed E-state index contributed by atoms with van der Waals surface area (Å²) >= 11 is 0. The van der Waals surface area contributed by atoms with Crippen molar-refractivity contribution in [3.8, 4) is 11.3 Å². The molecule has 3 aromatic rings. The van der Waals surface area contributed by atoms with E-state index in [-0.39, 0.29) is 5.97 Å². The Morgan fingerprint density at radius 1 is 1.05 bits per heavy atom. The van der Waals surface area contributed by atoms with Gasteiger partial charge in [0, 0.05) is 10.9 Å². The lowest BCUT2D eigenvalue weighted by molar-refractivity contribution is 0.0600. The van der Waals surface area contributed by atoms with Gasteiger partial charge in [-0.1, -0.05) is 30.3 Å². The van der Waals surface area contributed by atoms with Crippen molar-refractivity contribution < 1.29 is 9.53 Å². The molecule has 0 unspecified atom stereocenters. The van der Waals surface area contributed by atoms with Gasteiger partial charge in [0.15, 0.2) is 0 Å². The van der Waals surface area contributed by atoms with E-state index in [1.165, 1.54) is 7.11 Å². The second-order valence-electron chi connectivity index (χ2n) is 4.71. The van der Waals surface area contributed by atoms with E-state index in [4.69, 9.17) is 4.74 Å². The van der Waals surface area contributed by atoms with Crippen LogP contribution in [-0.4, -0.2) is 23.0 Å². The van der Waals surface area contributed by atoms with Gasteiger partial charge in [-0.05, 0) is 24.6 Å². The van der Waals surface area contributed by atoms with Gasteiger partial charge in [0.05, 0.1) is 23.9 Å². The number of methoxy groups -OCH3 is 1. The van der Waals surface area contributed by atoms with Gasteiger partial charge in [-0.2, -0.15) is 0 Å². The van der Waals surface area contributed by atoms with E-state index in [9.17, 15) is 4.79 Å². The van der Waals surface area contributed by atoms with Crippen molar-refractivity contribution in [2.45, 2.75) is 6.92 Å². The van der Waals surface area contributed by atoms with E-state index in [1.54, 1.807) is 12.4 Å². The molecule has 2 aromatic carbocycles. The first kappa shape index (κ1) is 13.2. The second kappa shape index (κ2) is 5.32. The zero-order valence-corrected chi connectivity index (χ0v) is 11.8. The minimum atomic E-state index is -0.340. The molecule has 4 heteroatoms. The Morgan fingerprint density at radius 2 is 1.86 bits per heavy atom. The SMILES string of the molecule is COC(=O)c1cccc(-c2ncnc3ccccc23)c1C. The Balaban J connectivity index is 2.27. The molecule has 3 rings (SSSR count). The first-order valence-electron chi connectivity index (χ1n) is 6.60. The first-order valence-corrected chi connectivity index (χ1v) is 6.60. The highest BCUT2D eigenvalue weighted by atomic mass is 16.5. The van der Waals surface area contributed by atoms with Crippen LogP contribution in [0.15, 0.2) is 48.8 Å². The fourth-order valence-corrected chi connectivity index (χ4v) is 2.44. The number of benzene rings is 2. The third-order valence-electron chi connectivity index (χ3n) is 3.54. The molecule has 0 atom stereocenters. The Hall–Kier alpha value is -2.75. The number of aromatic nitrogens is 2. The molecular weight excluding hydrogens is 264 g/mol. The number of rotatable bonds is 2. The number of hydrogen-bond acceptors (Lipinski definition) is 4. The van der Waals surface area contributed by atoms with Crippen molar-refractivity contribution in [3.05, 3.63) is 59.9 Å². The quantitative estimate of drug-likeness (QED) is 0.674. The second-order valence-corrected chi connectivity index (χ2v) is 4.71. The third-order valence-corrected chi connectivity index (χ3v) is 3.54. The Bertz CT molecular complexity index is 823. The molecule has 104 valence electrons. The largest absolute Gasteiger partial charge is 0.465 e. The summed E-state index contributed by atoms with van der Waals surface area (Å²) in [5.41, 5.74) is 4.02. The predicted molar refractivity (Wildman–Crippen MR) is 81.1 cm³/mol. The van der Waals surface area contributed by atoms with Crippen LogP contribution < -0.4 is 0 Å². The van der Waals surface area contributed by atoms with Crippen LogP contribution in [0.1, 0.15) is 15.9 Å². The van der Waals surface area contributed by atoms with Crippen molar-refractivity contribution in [2.75, 3.05) is 7.11 Å². The van der Waals surface area contributed by atoms with E-state index < -0.39 is 0 Å². The zero-order valence-electron chi connectivity index (χ0n) is 11.8. The third kappa shape index (κ3) is 2.25. The molecule has 0 N–H and O–H groups in total. The highest BCUT2D eigenvalue weighted by Crippen LogP contribution is 2.29. The standard InChI is InChI=1S/C17H14N2O2/c1-11-12(7-5-8-13(11)17(20)21-2)16-14-6-3-4-9-15(14)18-10-19-16/h3-10H,1-2H3. The van der Waals surface area contributed by atoms with Gasteiger partial charge in [-0.3, -0.25) is 0 Å².